The molecule has 0 aliphatic heterocycles. The van der Waals surface area contributed by atoms with Gasteiger partial charge in [0.25, 0.3) is 0 Å². The molecule has 13 rings (SSSR count). The molecule has 2 aromatic heterocycles. The standard InChI is InChI=1S/C63H45N3Se/c1-36-31-49-44-25-13-11-23-42(44)33-51(49)56(38(36)3)53-35-55-59(48-29-17-18-30-54(48)67-55)60(61(53)57-39(4)37(2)32-50-45-26-14-12-24-43(45)34-52(50)57)46-27-15-16-28-47(46)63-58(40-19-7-5-8-20-40)62(64-66-65-63)41-21-9-6-10-22-41/h5-32,35H,33-34H2,1-4H3. The van der Waals surface area contributed by atoms with Crippen molar-refractivity contribution in [2.24, 2.45) is 0 Å². The zero-order valence-corrected chi connectivity index (χ0v) is 39.6. The van der Waals surface area contributed by atoms with Crippen LogP contribution in [0.15, 0.2) is 176 Å². The van der Waals surface area contributed by atoms with Gasteiger partial charge in [-0.3, -0.25) is 0 Å². The van der Waals surface area contributed by atoms with Crippen LogP contribution in [0.5, 0.6) is 0 Å². The van der Waals surface area contributed by atoms with Crippen LogP contribution in [0.2, 0.25) is 0 Å². The van der Waals surface area contributed by atoms with Crippen LogP contribution >= 0.6 is 0 Å². The molecule has 0 radical (unpaired) electrons. The number of aryl methyl sites for hydroxylation is 2. The van der Waals surface area contributed by atoms with Gasteiger partial charge >= 0.3 is 399 Å². The topological polar surface area (TPSA) is 38.7 Å². The predicted molar refractivity (Wildman–Crippen MR) is 280 cm³/mol. The number of fused-ring (bicyclic) bond motifs is 9. The Morgan fingerprint density at radius 3 is 1.57 bits per heavy atom. The van der Waals surface area contributed by atoms with Crippen molar-refractivity contribution in [2.75, 3.05) is 0 Å². The Kier molecular flexibility index (Phi) is 9.25. The molecule has 0 amide bonds. The van der Waals surface area contributed by atoms with Crippen LogP contribution in [0.4, 0.5) is 0 Å². The molecule has 0 atom stereocenters. The van der Waals surface area contributed by atoms with E-state index in [2.05, 4.69) is 209 Å². The fourth-order valence-corrected chi connectivity index (χ4v) is 13.9. The molecule has 67 heavy (non-hydrogen) atoms. The summed E-state index contributed by atoms with van der Waals surface area (Å²) >= 11 is 0.0821. The molecule has 9 aromatic carbocycles. The van der Waals surface area contributed by atoms with E-state index in [0.717, 1.165) is 52.0 Å². The summed E-state index contributed by atoms with van der Waals surface area (Å²) in [6.07, 6.45) is 1.78. The van der Waals surface area contributed by atoms with Gasteiger partial charge in [0.1, 0.15) is 0 Å². The number of rotatable bonds is 6. The molecular formula is C63H45N3Se. The first-order valence-corrected chi connectivity index (χ1v) is 25.0. The molecule has 0 fully saturated rings. The minimum absolute atomic E-state index is 0.0821. The third-order valence-corrected chi connectivity index (χ3v) is 17.1. The van der Waals surface area contributed by atoms with E-state index in [9.17, 15) is 0 Å². The van der Waals surface area contributed by atoms with Crippen LogP contribution in [0.1, 0.15) is 44.5 Å². The van der Waals surface area contributed by atoms with Crippen molar-refractivity contribution in [3.63, 3.8) is 0 Å². The van der Waals surface area contributed by atoms with Gasteiger partial charge in [-0.05, 0) is 0 Å². The van der Waals surface area contributed by atoms with Gasteiger partial charge in [0, 0.05) is 0 Å². The molecule has 4 heteroatoms. The second-order valence-electron chi connectivity index (χ2n) is 18.4. The van der Waals surface area contributed by atoms with Crippen LogP contribution in [-0.2, 0) is 12.8 Å². The van der Waals surface area contributed by atoms with Crippen molar-refractivity contribution >= 4 is 33.8 Å². The summed E-state index contributed by atoms with van der Waals surface area (Å²) in [6.45, 7) is 9.36. The third-order valence-electron chi connectivity index (χ3n) is 14.8. The third kappa shape index (κ3) is 6.14. The zero-order valence-electron chi connectivity index (χ0n) is 37.9. The fourth-order valence-electron chi connectivity index (χ4n) is 11.5. The summed E-state index contributed by atoms with van der Waals surface area (Å²) in [7, 11) is 0. The second-order valence-corrected chi connectivity index (χ2v) is 20.7. The molecule has 0 saturated heterocycles. The summed E-state index contributed by atoms with van der Waals surface area (Å²) in [6, 6.07) is 64.9. The predicted octanol–water partition coefficient (Wildman–Crippen LogP) is 15.6. The molecule has 3 nitrogen and oxygen atoms in total. The number of aromatic nitrogens is 3. The van der Waals surface area contributed by atoms with Gasteiger partial charge in [0.05, 0.1) is 0 Å². The van der Waals surface area contributed by atoms with Gasteiger partial charge in [-0.25, -0.2) is 0 Å². The molecule has 0 saturated carbocycles. The van der Waals surface area contributed by atoms with Gasteiger partial charge in [-0.1, -0.05) is 0 Å². The maximum absolute atomic E-state index is 5.07. The van der Waals surface area contributed by atoms with Crippen LogP contribution in [0, 0.1) is 27.7 Å². The van der Waals surface area contributed by atoms with Crippen molar-refractivity contribution in [1.82, 2.24) is 15.4 Å². The quantitative estimate of drug-likeness (QED) is 0.156. The molecule has 2 heterocycles. The van der Waals surface area contributed by atoms with Crippen LogP contribution in [0.3, 0.4) is 0 Å². The molecule has 0 spiro atoms. The summed E-state index contributed by atoms with van der Waals surface area (Å²) in [5.41, 5.74) is 29.8. The van der Waals surface area contributed by atoms with Crippen molar-refractivity contribution in [3.05, 3.63) is 220 Å². The number of nitrogens with zero attached hydrogens (tertiary/aromatic N) is 3. The van der Waals surface area contributed by atoms with Crippen LogP contribution < -0.4 is 0 Å². The summed E-state index contributed by atoms with van der Waals surface area (Å²) in [5, 5.41) is 17.1. The zero-order chi connectivity index (χ0) is 44.9. The molecule has 0 bridgehead atoms. The Morgan fingerprint density at radius 1 is 0.373 bits per heavy atom. The van der Waals surface area contributed by atoms with Gasteiger partial charge < -0.3 is 0 Å². The van der Waals surface area contributed by atoms with E-state index in [-0.39, 0.29) is 14.5 Å². The Labute approximate surface area is 397 Å². The summed E-state index contributed by atoms with van der Waals surface area (Å²) < 4.78 is 2.84. The van der Waals surface area contributed by atoms with Crippen LogP contribution in [0.25, 0.3) is 109 Å². The van der Waals surface area contributed by atoms with E-state index in [1.165, 1.54) is 114 Å². The van der Waals surface area contributed by atoms with Crippen LogP contribution in [-0.4, -0.2) is 29.9 Å². The summed E-state index contributed by atoms with van der Waals surface area (Å²) in [4.78, 5) is 0. The Morgan fingerprint density at radius 2 is 0.896 bits per heavy atom. The molecule has 0 N–H and O–H groups in total. The first kappa shape index (κ1) is 39.8. The molecule has 0 unspecified atom stereocenters. The molecule has 2 aliphatic rings. The van der Waals surface area contributed by atoms with E-state index in [0.29, 0.717) is 0 Å². The average molecular weight is 923 g/mol. The molecule has 11 aromatic rings. The SMILES string of the molecule is Cc1cc2c(c(-c3cc4[se]c5ccccc5c4c(-c4ccccc4-c4nnnc(-c5ccccc5)c4-c4ccccc4)c3-c3c(C)c(C)cc4c3Cc3ccccc3-4)c1C)Cc1ccccc1-2. The van der Waals surface area contributed by atoms with E-state index in [1.54, 1.807) is 0 Å². The van der Waals surface area contributed by atoms with E-state index < -0.39 is 0 Å². The monoisotopic (exact) mass is 923 g/mol. The van der Waals surface area contributed by atoms with Gasteiger partial charge in [-0.2, -0.15) is 0 Å². The maximum atomic E-state index is 5.07. The molecule has 318 valence electrons. The molecule has 2 aliphatic carbocycles. The normalized spacial score (nSPS) is 12.4. The van der Waals surface area contributed by atoms with Gasteiger partial charge in [0.2, 0.25) is 0 Å². The van der Waals surface area contributed by atoms with E-state index in [1.807, 2.05) is 0 Å². The Hall–Kier alpha value is -7.49. The van der Waals surface area contributed by atoms with Crippen molar-refractivity contribution < 1.29 is 0 Å². The van der Waals surface area contributed by atoms with Crippen molar-refractivity contribution in [3.8, 4) is 89.3 Å². The number of hydrogen-bond acceptors (Lipinski definition) is 3. The first-order valence-electron chi connectivity index (χ1n) is 23.3. The second kappa shape index (κ2) is 15.6. The van der Waals surface area contributed by atoms with Crippen molar-refractivity contribution in [1.29, 1.82) is 0 Å². The fraction of sp³-hybridized carbons (Fsp3) is 0.0952. The first-order chi connectivity index (χ1) is 32.9. The van der Waals surface area contributed by atoms with Crippen molar-refractivity contribution in [2.45, 2.75) is 40.5 Å². The Balaban J connectivity index is 1.23. The number of benzene rings is 9. The van der Waals surface area contributed by atoms with Gasteiger partial charge in [-0.15, -0.1) is 0 Å². The Bertz CT molecular complexity index is 3840. The summed E-state index contributed by atoms with van der Waals surface area (Å²) in [5.74, 6) is 0. The van der Waals surface area contributed by atoms with E-state index >= 15 is 0 Å². The van der Waals surface area contributed by atoms with E-state index in [4.69, 9.17) is 10.2 Å². The number of hydrogen-bond donors (Lipinski definition) is 0. The molecular weight excluding hydrogens is 878 g/mol. The van der Waals surface area contributed by atoms with Gasteiger partial charge in [0.15, 0.2) is 0 Å². The average Bonchev–Trinajstić information content (AvgIpc) is 4.06. The minimum atomic E-state index is 0.0821.